The van der Waals surface area contributed by atoms with E-state index in [1.54, 1.807) is 6.33 Å². The minimum Gasteiger partial charge on any atom is -0.371 e. The minimum absolute atomic E-state index is 0.0352. The van der Waals surface area contributed by atoms with Crippen LogP contribution in [0.25, 0.3) is 11.2 Å². The van der Waals surface area contributed by atoms with E-state index in [1.807, 2.05) is 29.5 Å². The van der Waals surface area contributed by atoms with Crippen molar-refractivity contribution in [2.24, 2.45) is 7.05 Å². The zero-order chi connectivity index (χ0) is 17.6. The zero-order valence-electron chi connectivity index (χ0n) is 15.0. The van der Waals surface area contributed by atoms with Crippen molar-refractivity contribution in [2.45, 2.75) is 45.9 Å². The topological polar surface area (TPSA) is 82.7 Å². The minimum atomic E-state index is -0.0352. The van der Waals surface area contributed by atoms with Gasteiger partial charge in [-0.1, -0.05) is 0 Å². The van der Waals surface area contributed by atoms with Crippen molar-refractivity contribution in [1.82, 2.24) is 29.3 Å². The summed E-state index contributed by atoms with van der Waals surface area (Å²) < 4.78 is 9.98. The van der Waals surface area contributed by atoms with E-state index in [2.05, 4.69) is 39.2 Å². The van der Waals surface area contributed by atoms with E-state index < -0.39 is 0 Å². The third kappa shape index (κ3) is 2.57. The molecule has 0 saturated carbocycles. The van der Waals surface area contributed by atoms with Crippen LogP contribution >= 0.6 is 0 Å². The average Bonchev–Trinajstić information content (AvgIpc) is 3.27. The van der Waals surface area contributed by atoms with Crippen LogP contribution in [-0.4, -0.2) is 41.9 Å². The van der Waals surface area contributed by atoms with Gasteiger partial charge in [0.1, 0.15) is 17.9 Å². The molecule has 0 aromatic carbocycles. The molecule has 4 rings (SSSR count). The molecule has 1 N–H and O–H groups in total. The lowest BCUT2D eigenvalue weighted by Crippen LogP contribution is -2.25. The number of rotatable bonds is 4. The summed E-state index contributed by atoms with van der Waals surface area (Å²) in [5.74, 6) is 0.761. The number of imidazole rings is 1. The Labute approximate surface area is 146 Å². The van der Waals surface area contributed by atoms with Gasteiger partial charge >= 0.3 is 0 Å². The van der Waals surface area contributed by atoms with Gasteiger partial charge in [0.25, 0.3) is 0 Å². The summed E-state index contributed by atoms with van der Waals surface area (Å²) in [6.07, 6.45) is 4.28. The van der Waals surface area contributed by atoms with Crippen LogP contribution in [0, 0.1) is 13.8 Å². The number of anilines is 1. The van der Waals surface area contributed by atoms with Gasteiger partial charge in [0.15, 0.2) is 11.5 Å². The van der Waals surface area contributed by atoms with Crippen LogP contribution in [0.3, 0.4) is 0 Å². The molecule has 4 heterocycles. The number of hydrogen-bond donors (Lipinski definition) is 1. The summed E-state index contributed by atoms with van der Waals surface area (Å²) in [7, 11) is 1.97. The number of nitrogens with zero attached hydrogens (tertiary/aromatic N) is 6. The van der Waals surface area contributed by atoms with Crippen LogP contribution in [0.2, 0.25) is 0 Å². The van der Waals surface area contributed by atoms with Crippen molar-refractivity contribution in [3.05, 3.63) is 29.6 Å². The molecular weight excluding hydrogens is 318 g/mol. The largest absolute Gasteiger partial charge is 0.371 e. The first-order chi connectivity index (χ1) is 12.1. The SMILES string of the molecule is CCn1cnc2c(N[C@H]3CCO[C@@H]3c3c(C)nn(C)c3C)ncnc21. The normalized spacial score (nSPS) is 20.5. The van der Waals surface area contributed by atoms with Crippen molar-refractivity contribution in [1.29, 1.82) is 0 Å². The lowest BCUT2D eigenvalue weighted by atomic mass is 10.0. The number of hydrogen-bond acceptors (Lipinski definition) is 6. The molecule has 1 aliphatic heterocycles. The molecule has 0 bridgehead atoms. The molecule has 0 spiro atoms. The summed E-state index contributed by atoms with van der Waals surface area (Å²) >= 11 is 0. The van der Waals surface area contributed by atoms with E-state index >= 15 is 0 Å². The fraction of sp³-hybridized carbons (Fsp3) is 0.529. The van der Waals surface area contributed by atoms with Gasteiger partial charge in [-0.05, 0) is 27.2 Å². The van der Waals surface area contributed by atoms with Gasteiger partial charge in [0.2, 0.25) is 0 Å². The first-order valence-electron chi connectivity index (χ1n) is 8.64. The van der Waals surface area contributed by atoms with Crippen molar-refractivity contribution in [2.75, 3.05) is 11.9 Å². The number of fused-ring (bicyclic) bond motifs is 1. The quantitative estimate of drug-likeness (QED) is 0.783. The summed E-state index contributed by atoms with van der Waals surface area (Å²) in [6, 6.07) is 0.131. The van der Waals surface area contributed by atoms with E-state index in [0.29, 0.717) is 6.61 Å². The molecule has 0 unspecified atom stereocenters. The summed E-state index contributed by atoms with van der Waals surface area (Å²) in [5.41, 5.74) is 4.97. The van der Waals surface area contributed by atoms with Crippen LogP contribution < -0.4 is 5.32 Å². The maximum Gasteiger partial charge on any atom is 0.165 e. The van der Waals surface area contributed by atoms with Gasteiger partial charge in [-0.3, -0.25) is 4.68 Å². The standard InChI is InChI=1S/C17H23N7O/c1-5-24-9-20-14-16(18-8-19-17(14)24)21-12-6-7-25-15(12)13-10(2)22-23(4)11(13)3/h8-9,12,15H,5-7H2,1-4H3,(H,18,19,21)/t12-,15-/m0/s1. The highest BCUT2D eigenvalue weighted by Gasteiger charge is 2.34. The predicted octanol–water partition coefficient (Wildman–Crippen LogP) is 2.14. The zero-order valence-corrected chi connectivity index (χ0v) is 15.0. The molecule has 1 aliphatic rings. The second-order valence-corrected chi connectivity index (χ2v) is 6.46. The Morgan fingerprint density at radius 1 is 1.28 bits per heavy atom. The molecule has 2 atom stereocenters. The van der Waals surface area contributed by atoms with Crippen molar-refractivity contribution in [3.63, 3.8) is 0 Å². The summed E-state index contributed by atoms with van der Waals surface area (Å²) in [4.78, 5) is 13.3. The van der Waals surface area contributed by atoms with Gasteiger partial charge in [-0.15, -0.1) is 0 Å². The fourth-order valence-corrected chi connectivity index (χ4v) is 3.62. The Hall–Kier alpha value is -2.48. The van der Waals surface area contributed by atoms with Crippen molar-refractivity contribution < 1.29 is 4.74 Å². The second kappa shape index (κ2) is 6.11. The number of ether oxygens (including phenoxy) is 1. The van der Waals surface area contributed by atoms with Crippen molar-refractivity contribution >= 4 is 17.0 Å². The molecule has 8 heteroatoms. The predicted molar refractivity (Wildman–Crippen MR) is 94.4 cm³/mol. The Morgan fingerprint density at radius 3 is 2.84 bits per heavy atom. The van der Waals surface area contributed by atoms with Crippen LogP contribution in [0.4, 0.5) is 5.82 Å². The molecule has 0 amide bonds. The summed E-state index contributed by atoms with van der Waals surface area (Å²) in [6.45, 7) is 7.74. The molecule has 1 saturated heterocycles. The van der Waals surface area contributed by atoms with E-state index in [4.69, 9.17) is 4.74 Å². The summed E-state index contributed by atoms with van der Waals surface area (Å²) in [5, 5.41) is 8.07. The Balaban J connectivity index is 1.67. The van der Waals surface area contributed by atoms with Crippen molar-refractivity contribution in [3.8, 4) is 0 Å². The van der Waals surface area contributed by atoms with E-state index in [1.165, 1.54) is 5.56 Å². The van der Waals surface area contributed by atoms with Crippen LogP contribution in [0.1, 0.15) is 36.4 Å². The molecule has 132 valence electrons. The average molecular weight is 341 g/mol. The number of nitrogens with one attached hydrogen (secondary N) is 1. The third-order valence-corrected chi connectivity index (χ3v) is 5.01. The van der Waals surface area contributed by atoms with Gasteiger partial charge < -0.3 is 14.6 Å². The lowest BCUT2D eigenvalue weighted by molar-refractivity contribution is 0.106. The maximum atomic E-state index is 6.05. The molecule has 3 aromatic rings. The number of aryl methyl sites for hydroxylation is 3. The molecule has 0 radical (unpaired) electrons. The van der Waals surface area contributed by atoms with Crippen LogP contribution in [0.5, 0.6) is 0 Å². The van der Waals surface area contributed by atoms with Gasteiger partial charge in [-0.25, -0.2) is 15.0 Å². The Bertz CT molecular complexity index is 913. The highest BCUT2D eigenvalue weighted by molar-refractivity contribution is 5.82. The molecule has 0 aliphatic carbocycles. The van der Waals surface area contributed by atoms with E-state index in [9.17, 15) is 0 Å². The molecular formula is C17H23N7O. The molecule has 25 heavy (non-hydrogen) atoms. The number of aromatic nitrogens is 6. The highest BCUT2D eigenvalue weighted by atomic mass is 16.5. The smallest absolute Gasteiger partial charge is 0.165 e. The monoisotopic (exact) mass is 341 g/mol. The molecule has 1 fully saturated rings. The third-order valence-electron chi connectivity index (χ3n) is 5.01. The lowest BCUT2D eigenvalue weighted by Gasteiger charge is -2.21. The molecule has 3 aromatic heterocycles. The van der Waals surface area contributed by atoms with E-state index in [0.717, 1.165) is 41.3 Å². The first kappa shape index (κ1) is 16.0. The van der Waals surface area contributed by atoms with Crippen LogP contribution in [0.15, 0.2) is 12.7 Å². The highest BCUT2D eigenvalue weighted by Crippen LogP contribution is 2.35. The van der Waals surface area contributed by atoms with E-state index in [-0.39, 0.29) is 12.1 Å². The van der Waals surface area contributed by atoms with Gasteiger partial charge in [-0.2, -0.15) is 5.10 Å². The maximum absolute atomic E-state index is 6.05. The second-order valence-electron chi connectivity index (χ2n) is 6.46. The molecule has 8 nitrogen and oxygen atoms in total. The Kier molecular flexibility index (Phi) is 3.91. The van der Waals surface area contributed by atoms with Gasteiger partial charge in [0, 0.05) is 31.5 Å². The van der Waals surface area contributed by atoms with Gasteiger partial charge in [0.05, 0.1) is 18.1 Å². The Morgan fingerprint density at radius 2 is 2.12 bits per heavy atom. The van der Waals surface area contributed by atoms with Crippen LogP contribution in [-0.2, 0) is 18.3 Å². The fourth-order valence-electron chi connectivity index (χ4n) is 3.62. The first-order valence-corrected chi connectivity index (χ1v) is 8.64.